The first-order chi connectivity index (χ1) is 18.1. The van der Waals surface area contributed by atoms with Crippen LogP contribution in [-0.2, 0) is 6.54 Å². The summed E-state index contributed by atoms with van der Waals surface area (Å²) in [6, 6.07) is 23.2. The smallest absolute Gasteiger partial charge is 0.261 e. The highest BCUT2D eigenvalue weighted by molar-refractivity contribution is 6.21. The predicted molar refractivity (Wildman–Crippen MR) is 134 cm³/mol. The summed E-state index contributed by atoms with van der Waals surface area (Å²) in [5.41, 5.74) is 2.87. The van der Waals surface area contributed by atoms with E-state index >= 15 is 0 Å². The van der Waals surface area contributed by atoms with Gasteiger partial charge in [0.1, 0.15) is 6.04 Å². The molecule has 6 rings (SSSR count). The number of aromatic nitrogens is 2. The lowest BCUT2D eigenvalue weighted by molar-refractivity contribution is 0.0561. The molecule has 184 valence electrons. The largest absolute Gasteiger partial charge is 0.337 e. The van der Waals surface area contributed by atoms with Crippen molar-refractivity contribution in [2.45, 2.75) is 31.8 Å². The van der Waals surface area contributed by atoms with Gasteiger partial charge in [0.25, 0.3) is 17.7 Å². The summed E-state index contributed by atoms with van der Waals surface area (Å²) in [6.45, 7) is 0.677. The first-order valence-corrected chi connectivity index (χ1v) is 12.3. The van der Waals surface area contributed by atoms with E-state index in [1.54, 1.807) is 47.4 Å². The number of hydrogen-bond acceptors (Lipinski definition) is 6. The van der Waals surface area contributed by atoms with Gasteiger partial charge in [0.05, 0.1) is 17.7 Å². The van der Waals surface area contributed by atoms with Crippen LogP contribution in [0, 0.1) is 0 Å². The van der Waals surface area contributed by atoms with E-state index in [2.05, 4.69) is 10.1 Å². The topological polar surface area (TPSA) is 96.6 Å². The molecule has 2 aliphatic rings. The van der Waals surface area contributed by atoms with Crippen molar-refractivity contribution in [3.63, 3.8) is 0 Å². The minimum Gasteiger partial charge on any atom is -0.337 e. The monoisotopic (exact) mass is 492 g/mol. The van der Waals surface area contributed by atoms with E-state index in [0.717, 1.165) is 24.8 Å². The first kappa shape index (κ1) is 22.8. The highest BCUT2D eigenvalue weighted by Crippen LogP contribution is 2.33. The molecule has 0 radical (unpaired) electrons. The Bertz CT molecular complexity index is 1460. The molecule has 1 saturated heterocycles. The minimum atomic E-state index is -0.320. The first-order valence-electron chi connectivity index (χ1n) is 12.3. The van der Waals surface area contributed by atoms with Gasteiger partial charge in [-0.05, 0) is 49.1 Å². The van der Waals surface area contributed by atoms with Crippen molar-refractivity contribution in [2.75, 3.05) is 6.54 Å². The number of rotatable bonds is 5. The van der Waals surface area contributed by atoms with Crippen molar-refractivity contribution in [1.29, 1.82) is 0 Å². The van der Waals surface area contributed by atoms with Crippen LogP contribution in [-0.4, -0.2) is 44.2 Å². The number of fused-ring (bicyclic) bond motifs is 1. The Morgan fingerprint density at radius 3 is 2.38 bits per heavy atom. The fourth-order valence-electron chi connectivity index (χ4n) is 5.04. The third-order valence-corrected chi connectivity index (χ3v) is 6.92. The van der Waals surface area contributed by atoms with Crippen LogP contribution < -0.4 is 0 Å². The Morgan fingerprint density at radius 2 is 1.62 bits per heavy atom. The molecule has 37 heavy (non-hydrogen) atoms. The number of hydrogen-bond donors (Lipinski definition) is 0. The highest BCUT2D eigenvalue weighted by Gasteiger charge is 2.36. The number of piperidine rings is 1. The van der Waals surface area contributed by atoms with E-state index in [4.69, 9.17) is 4.52 Å². The Morgan fingerprint density at radius 1 is 0.892 bits per heavy atom. The van der Waals surface area contributed by atoms with Crippen molar-refractivity contribution in [1.82, 2.24) is 19.9 Å². The summed E-state index contributed by atoms with van der Waals surface area (Å²) in [5.74, 6) is 0.136. The molecule has 3 heterocycles. The normalized spacial score (nSPS) is 17.2. The fourth-order valence-corrected chi connectivity index (χ4v) is 5.04. The molecule has 4 aromatic rings. The number of carbonyl (C=O) groups is 3. The van der Waals surface area contributed by atoms with E-state index in [1.807, 2.05) is 36.4 Å². The molecule has 8 nitrogen and oxygen atoms in total. The summed E-state index contributed by atoms with van der Waals surface area (Å²) in [5, 5.41) is 4.14. The highest BCUT2D eigenvalue weighted by atomic mass is 16.5. The van der Waals surface area contributed by atoms with Crippen molar-refractivity contribution >= 4 is 17.7 Å². The molecule has 2 aliphatic heterocycles. The van der Waals surface area contributed by atoms with Gasteiger partial charge in [-0.1, -0.05) is 59.8 Å². The second-order valence-electron chi connectivity index (χ2n) is 9.27. The molecule has 1 atom stereocenters. The zero-order chi connectivity index (χ0) is 25.4. The molecule has 0 spiro atoms. The van der Waals surface area contributed by atoms with Gasteiger partial charge in [0.15, 0.2) is 0 Å². The van der Waals surface area contributed by atoms with Crippen LogP contribution in [0.3, 0.4) is 0 Å². The summed E-state index contributed by atoms with van der Waals surface area (Å²) >= 11 is 0. The van der Waals surface area contributed by atoms with Crippen LogP contribution in [0.1, 0.15) is 67.8 Å². The average molecular weight is 493 g/mol. The van der Waals surface area contributed by atoms with Crippen LogP contribution in [0.25, 0.3) is 11.4 Å². The van der Waals surface area contributed by atoms with Gasteiger partial charge in [-0.3, -0.25) is 19.3 Å². The summed E-state index contributed by atoms with van der Waals surface area (Å²) in [7, 11) is 0. The fraction of sp³-hybridized carbons (Fsp3) is 0.207. The van der Waals surface area contributed by atoms with Crippen LogP contribution >= 0.6 is 0 Å². The van der Waals surface area contributed by atoms with E-state index in [9.17, 15) is 14.4 Å². The second kappa shape index (κ2) is 9.46. The average Bonchev–Trinajstić information content (AvgIpc) is 3.54. The van der Waals surface area contributed by atoms with Crippen molar-refractivity contribution < 1.29 is 18.9 Å². The molecule has 0 bridgehead atoms. The zero-order valence-corrected chi connectivity index (χ0v) is 20.0. The van der Waals surface area contributed by atoms with E-state index < -0.39 is 0 Å². The molecule has 0 unspecified atom stereocenters. The maximum atomic E-state index is 13.6. The third kappa shape index (κ3) is 4.20. The molecule has 3 aromatic carbocycles. The van der Waals surface area contributed by atoms with Gasteiger partial charge in [-0.25, -0.2) is 0 Å². The van der Waals surface area contributed by atoms with Gasteiger partial charge in [-0.15, -0.1) is 0 Å². The quantitative estimate of drug-likeness (QED) is 0.368. The molecule has 0 aliphatic carbocycles. The Labute approximate surface area is 213 Å². The number of imide groups is 1. The lowest BCUT2D eigenvalue weighted by Gasteiger charge is -2.33. The maximum Gasteiger partial charge on any atom is 0.261 e. The molecule has 0 N–H and O–H groups in total. The standard InChI is InChI=1S/C29H24N4O4/c34-27(32-16-7-6-15-24(32)26-30-25(31-37-26)20-10-2-1-3-11-20)21-12-8-9-19(17-21)18-33-28(35)22-13-4-5-14-23(22)29(33)36/h1-5,8-14,17,24H,6-7,15-16,18H2/t24-/m0/s1. The van der Waals surface area contributed by atoms with Gasteiger partial charge in [0, 0.05) is 17.7 Å². The molecular formula is C29H24N4O4. The summed E-state index contributed by atoms with van der Waals surface area (Å²) < 4.78 is 5.60. The van der Waals surface area contributed by atoms with Crippen LogP contribution in [0.2, 0.25) is 0 Å². The van der Waals surface area contributed by atoms with Crippen LogP contribution in [0.5, 0.6) is 0 Å². The molecule has 8 heteroatoms. The Hall–Kier alpha value is -4.59. The molecular weight excluding hydrogens is 468 g/mol. The zero-order valence-electron chi connectivity index (χ0n) is 20.0. The van der Waals surface area contributed by atoms with E-state index in [0.29, 0.717) is 40.5 Å². The van der Waals surface area contributed by atoms with Crippen molar-refractivity contribution in [3.05, 3.63) is 107 Å². The number of benzene rings is 3. The predicted octanol–water partition coefficient (Wildman–Crippen LogP) is 4.90. The Kier molecular flexibility index (Phi) is 5.84. The van der Waals surface area contributed by atoms with Gasteiger partial charge >= 0.3 is 0 Å². The van der Waals surface area contributed by atoms with Crippen LogP contribution in [0.4, 0.5) is 0 Å². The number of nitrogens with zero attached hydrogens (tertiary/aromatic N) is 4. The summed E-state index contributed by atoms with van der Waals surface area (Å²) in [4.78, 5) is 46.8. The van der Waals surface area contributed by atoms with Gasteiger partial charge < -0.3 is 9.42 Å². The van der Waals surface area contributed by atoms with Crippen molar-refractivity contribution in [3.8, 4) is 11.4 Å². The molecule has 1 aromatic heterocycles. The van der Waals surface area contributed by atoms with Gasteiger partial charge in [0.2, 0.25) is 11.7 Å². The van der Waals surface area contributed by atoms with Crippen LogP contribution in [0.15, 0.2) is 83.4 Å². The lowest BCUT2D eigenvalue weighted by Crippen LogP contribution is -2.38. The Balaban J connectivity index is 1.22. The SMILES string of the molecule is O=C1c2ccccc2C(=O)N1Cc1cccc(C(=O)N2CCCC[C@H]2c2nc(-c3ccccc3)no2)c1. The van der Waals surface area contributed by atoms with Crippen molar-refractivity contribution in [2.24, 2.45) is 0 Å². The van der Waals surface area contributed by atoms with E-state index in [1.165, 1.54) is 4.90 Å². The minimum absolute atomic E-state index is 0.0982. The molecule has 0 saturated carbocycles. The molecule has 1 fully saturated rings. The molecule has 3 amide bonds. The number of likely N-dealkylation sites (tertiary alicyclic amines) is 1. The number of amides is 3. The second-order valence-corrected chi connectivity index (χ2v) is 9.27. The maximum absolute atomic E-state index is 13.6. The van der Waals surface area contributed by atoms with Gasteiger partial charge in [-0.2, -0.15) is 4.98 Å². The third-order valence-electron chi connectivity index (χ3n) is 6.92. The van der Waals surface area contributed by atoms with E-state index in [-0.39, 0.29) is 30.3 Å². The number of carbonyl (C=O) groups excluding carboxylic acids is 3. The lowest BCUT2D eigenvalue weighted by atomic mass is 10.00. The summed E-state index contributed by atoms with van der Waals surface area (Å²) in [6.07, 6.45) is 2.57.